The molecule has 2 N–H and O–H groups in total. The number of hydrogen-bond acceptors (Lipinski definition) is 1. The van der Waals surface area contributed by atoms with Gasteiger partial charge in [0.1, 0.15) is 0 Å². The zero-order valence-electron chi connectivity index (χ0n) is 8.83. The van der Waals surface area contributed by atoms with E-state index in [1.807, 2.05) is 0 Å². The molecule has 0 saturated carbocycles. The molecule has 78 valence electrons. The van der Waals surface area contributed by atoms with Crippen LogP contribution in [0, 0.1) is 9.49 Å². The molecule has 0 spiro atoms. The fourth-order valence-corrected chi connectivity index (χ4v) is 1.75. The van der Waals surface area contributed by atoms with E-state index in [1.54, 1.807) is 0 Å². The number of rotatable bonds is 4. The van der Waals surface area contributed by atoms with Crippen LogP contribution in [0.15, 0.2) is 24.3 Å². The minimum atomic E-state index is 0.203. The van der Waals surface area contributed by atoms with Crippen molar-refractivity contribution in [3.8, 4) is 0 Å². The summed E-state index contributed by atoms with van der Waals surface area (Å²) >= 11 is 2.31. The van der Waals surface area contributed by atoms with Crippen molar-refractivity contribution in [3.63, 3.8) is 0 Å². The SMILES string of the molecule is CC(C)CC[C@H](N)c1ccc(I)cc1. The van der Waals surface area contributed by atoms with Crippen LogP contribution in [0.5, 0.6) is 0 Å². The number of halogens is 1. The van der Waals surface area contributed by atoms with Gasteiger partial charge in [-0.2, -0.15) is 0 Å². The van der Waals surface area contributed by atoms with Gasteiger partial charge in [0.2, 0.25) is 0 Å². The van der Waals surface area contributed by atoms with Crippen molar-refractivity contribution in [3.05, 3.63) is 33.4 Å². The summed E-state index contributed by atoms with van der Waals surface area (Å²) in [5.74, 6) is 0.741. The summed E-state index contributed by atoms with van der Waals surface area (Å²) in [5.41, 5.74) is 7.35. The van der Waals surface area contributed by atoms with Gasteiger partial charge in [-0.15, -0.1) is 0 Å². The van der Waals surface area contributed by atoms with Crippen molar-refractivity contribution in [1.29, 1.82) is 0 Å². The van der Waals surface area contributed by atoms with Gasteiger partial charge in [-0.05, 0) is 59.0 Å². The molecular weight excluding hydrogens is 285 g/mol. The molecule has 1 atom stereocenters. The lowest BCUT2D eigenvalue weighted by Crippen LogP contribution is -2.11. The van der Waals surface area contributed by atoms with Gasteiger partial charge in [0.05, 0.1) is 0 Å². The largest absolute Gasteiger partial charge is 0.324 e. The molecule has 0 unspecified atom stereocenters. The van der Waals surface area contributed by atoms with Gasteiger partial charge in [-0.25, -0.2) is 0 Å². The van der Waals surface area contributed by atoms with E-state index in [9.17, 15) is 0 Å². The Labute approximate surface area is 100 Å². The van der Waals surface area contributed by atoms with Crippen molar-refractivity contribution in [2.75, 3.05) is 0 Å². The monoisotopic (exact) mass is 303 g/mol. The van der Waals surface area contributed by atoms with Gasteiger partial charge in [-0.3, -0.25) is 0 Å². The van der Waals surface area contributed by atoms with Crippen LogP contribution in [-0.2, 0) is 0 Å². The molecule has 0 bridgehead atoms. The summed E-state index contributed by atoms with van der Waals surface area (Å²) in [7, 11) is 0. The van der Waals surface area contributed by atoms with E-state index >= 15 is 0 Å². The highest BCUT2D eigenvalue weighted by molar-refractivity contribution is 14.1. The van der Waals surface area contributed by atoms with Gasteiger partial charge < -0.3 is 5.73 Å². The van der Waals surface area contributed by atoms with Crippen molar-refractivity contribution in [1.82, 2.24) is 0 Å². The second-order valence-corrected chi connectivity index (χ2v) is 5.37. The maximum Gasteiger partial charge on any atom is 0.0294 e. The summed E-state index contributed by atoms with van der Waals surface area (Å²) in [6.45, 7) is 4.47. The first-order valence-electron chi connectivity index (χ1n) is 5.10. The van der Waals surface area contributed by atoms with E-state index in [-0.39, 0.29) is 6.04 Å². The Balaban J connectivity index is 2.52. The minimum Gasteiger partial charge on any atom is -0.324 e. The Bertz CT molecular complexity index is 266. The lowest BCUT2D eigenvalue weighted by Gasteiger charge is -2.13. The Morgan fingerprint density at radius 1 is 1.14 bits per heavy atom. The van der Waals surface area contributed by atoms with E-state index in [0.29, 0.717) is 0 Å². The van der Waals surface area contributed by atoms with Crippen LogP contribution >= 0.6 is 22.6 Å². The molecule has 0 aliphatic rings. The van der Waals surface area contributed by atoms with Crippen molar-refractivity contribution >= 4 is 22.6 Å². The van der Waals surface area contributed by atoms with Gasteiger partial charge in [0, 0.05) is 9.61 Å². The first-order valence-corrected chi connectivity index (χ1v) is 6.18. The molecule has 1 nitrogen and oxygen atoms in total. The summed E-state index contributed by atoms with van der Waals surface area (Å²) < 4.78 is 1.27. The molecule has 0 fully saturated rings. The Hall–Kier alpha value is -0.0900. The molecule has 0 aliphatic heterocycles. The molecule has 14 heavy (non-hydrogen) atoms. The van der Waals surface area contributed by atoms with E-state index < -0.39 is 0 Å². The quantitative estimate of drug-likeness (QED) is 0.843. The minimum absolute atomic E-state index is 0.203. The molecule has 0 saturated heterocycles. The molecule has 2 heteroatoms. The average molecular weight is 303 g/mol. The zero-order valence-corrected chi connectivity index (χ0v) is 11.0. The van der Waals surface area contributed by atoms with E-state index in [4.69, 9.17) is 5.73 Å². The normalized spacial score (nSPS) is 13.2. The first kappa shape index (κ1) is 12.0. The summed E-state index contributed by atoms with van der Waals surface area (Å²) in [6.07, 6.45) is 2.28. The third-order valence-electron chi connectivity index (χ3n) is 2.35. The van der Waals surface area contributed by atoms with Crippen LogP contribution in [0.3, 0.4) is 0 Å². The number of benzene rings is 1. The molecular formula is C12H18IN. The van der Waals surface area contributed by atoms with Crippen LogP contribution in [0.4, 0.5) is 0 Å². The maximum atomic E-state index is 6.09. The lowest BCUT2D eigenvalue weighted by molar-refractivity contribution is 0.507. The summed E-state index contributed by atoms with van der Waals surface area (Å²) in [4.78, 5) is 0. The van der Waals surface area contributed by atoms with Gasteiger partial charge in [0.25, 0.3) is 0 Å². The van der Waals surface area contributed by atoms with Crippen molar-refractivity contribution in [2.45, 2.75) is 32.7 Å². The first-order chi connectivity index (χ1) is 6.59. The lowest BCUT2D eigenvalue weighted by atomic mass is 9.98. The number of hydrogen-bond donors (Lipinski definition) is 1. The number of nitrogens with two attached hydrogens (primary N) is 1. The second-order valence-electron chi connectivity index (χ2n) is 4.13. The topological polar surface area (TPSA) is 26.0 Å². The molecule has 0 aliphatic carbocycles. The van der Waals surface area contributed by atoms with E-state index in [0.717, 1.165) is 12.3 Å². The van der Waals surface area contributed by atoms with Gasteiger partial charge >= 0.3 is 0 Å². The third-order valence-corrected chi connectivity index (χ3v) is 3.07. The summed E-state index contributed by atoms with van der Waals surface area (Å²) in [6, 6.07) is 8.70. The van der Waals surface area contributed by atoms with E-state index in [2.05, 4.69) is 60.7 Å². The molecule has 1 aromatic rings. The predicted molar refractivity (Wildman–Crippen MR) is 70.2 cm³/mol. The highest BCUT2D eigenvalue weighted by atomic mass is 127. The zero-order chi connectivity index (χ0) is 10.6. The van der Waals surface area contributed by atoms with Crippen LogP contribution in [-0.4, -0.2) is 0 Å². The van der Waals surface area contributed by atoms with Crippen LogP contribution < -0.4 is 5.73 Å². The molecule has 1 rings (SSSR count). The van der Waals surface area contributed by atoms with Gasteiger partial charge in [0.15, 0.2) is 0 Å². The smallest absolute Gasteiger partial charge is 0.0294 e. The summed E-state index contributed by atoms with van der Waals surface area (Å²) in [5, 5.41) is 0. The highest BCUT2D eigenvalue weighted by Gasteiger charge is 2.06. The van der Waals surface area contributed by atoms with Crippen molar-refractivity contribution in [2.24, 2.45) is 11.7 Å². The van der Waals surface area contributed by atoms with E-state index in [1.165, 1.54) is 15.6 Å². The third kappa shape index (κ3) is 3.96. The standard InChI is InChI=1S/C12H18IN/c1-9(2)3-8-12(14)10-4-6-11(13)7-5-10/h4-7,9,12H,3,8,14H2,1-2H3/t12-/m0/s1. The molecule has 0 radical (unpaired) electrons. The maximum absolute atomic E-state index is 6.09. The predicted octanol–water partition coefficient (Wildman–Crippen LogP) is 3.73. The Morgan fingerprint density at radius 2 is 1.71 bits per heavy atom. The molecule has 0 amide bonds. The molecule has 1 aromatic carbocycles. The van der Waals surface area contributed by atoms with Crippen LogP contribution in [0.1, 0.15) is 38.3 Å². The fraction of sp³-hybridized carbons (Fsp3) is 0.500. The van der Waals surface area contributed by atoms with Crippen LogP contribution in [0.2, 0.25) is 0 Å². The Kier molecular flexibility index (Phi) is 4.89. The average Bonchev–Trinajstić information content (AvgIpc) is 2.15. The van der Waals surface area contributed by atoms with Crippen LogP contribution in [0.25, 0.3) is 0 Å². The molecule has 0 aromatic heterocycles. The van der Waals surface area contributed by atoms with Crippen molar-refractivity contribution < 1.29 is 0 Å². The molecule has 0 heterocycles. The fourth-order valence-electron chi connectivity index (χ4n) is 1.39. The second kappa shape index (κ2) is 5.71. The Morgan fingerprint density at radius 3 is 2.21 bits per heavy atom. The highest BCUT2D eigenvalue weighted by Crippen LogP contribution is 2.19. The van der Waals surface area contributed by atoms with Gasteiger partial charge in [-0.1, -0.05) is 26.0 Å².